The first-order valence-corrected chi connectivity index (χ1v) is 10.6. The minimum Gasteiger partial charge on any atom is -0.406 e. The molecule has 1 aromatic heterocycles. The van der Waals surface area contributed by atoms with Crippen molar-refractivity contribution in [2.45, 2.75) is 32.8 Å². The van der Waals surface area contributed by atoms with E-state index >= 15 is 0 Å². The van der Waals surface area contributed by atoms with Gasteiger partial charge in [0.15, 0.2) is 0 Å². The monoisotopic (exact) mass is 491 g/mol. The van der Waals surface area contributed by atoms with Gasteiger partial charge < -0.3 is 20.5 Å². The van der Waals surface area contributed by atoms with Gasteiger partial charge in [0.1, 0.15) is 11.6 Å². The highest BCUT2D eigenvalue weighted by Gasteiger charge is 2.31. The molecule has 35 heavy (non-hydrogen) atoms. The van der Waals surface area contributed by atoms with Crippen LogP contribution in [-0.4, -0.2) is 39.0 Å². The van der Waals surface area contributed by atoms with Crippen molar-refractivity contribution in [1.82, 2.24) is 9.97 Å². The average molecular weight is 491 g/mol. The predicted octanol–water partition coefficient (Wildman–Crippen LogP) is 4.99. The molecular weight excluding hydrogens is 467 g/mol. The summed E-state index contributed by atoms with van der Waals surface area (Å²) in [6.07, 6.45) is -4.85. The van der Waals surface area contributed by atoms with Gasteiger partial charge in [0, 0.05) is 29.8 Å². The van der Waals surface area contributed by atoms with Crippen molar-refractivity contribution in [3.63, 3.8) is 0 Å². The van der Waals surface area contributed by atoms with Crippen LogP contribution >= 0.6 is 0 Å². The minimum atomic E-state index is -4.85. The van der Waals surface area contributed by atoms with Crippen molar-refractivity contribution in [2.24, 2.45) is 5.92 Å². The summed E-state index contributed by atoms with van der Waals surface area (Å²) in [6, 6.07) is 12.7. The molecule has 0 amide bonds. The Morgan fingerprint density at radius 3 is 2.51 bits per heavy atom. The van der Waals surface area contributed by atoms with Gasteiger partial charge in [0.05, 0.1) is 23.3 Å². The smallest absolute Gasteiger partial charge is 0.406 e. The van der Waals surface area contributed by atoms with Crippen LogP contribution in [0.4, 0.5) is 30.6 Å². The van der Waals surface area contributed by atoms with E-state index in [2.05, 4.69) is 25.3 Å². The zero-order valence-corrected chi connectivity index (χ0v) is 18.9. The third-order valence-corrected chi connectivity index (χ3v) is 5.05. The zero-order chi connectivity index (χ0) is 25.6. The van der Waals surface area contributed by atoms with E-state index in [1.165, 1.54) is 30.3 Å². The van der Waals surface area contributed by atoms with Gasteiger partial charge in [0.25, 0.3) is 5.69 Å². The standard InChI is InChI=1S/C23H24F3N5O4/c1-14(2)19(13-32)29-22-28-18(15-7-5-8-17(10-15)35-23(24,25)26)11-21(30-22)27-12-16-6-3-4-9-20(16)31(33)34/h3-11,14,19,32H,12-13H2,1-2H3,(H2,27,28,29,30)/t19-/m0/s1. The third-order valence-electron chi connectivity index (χ3n) is 5.05. The number of ether oxygens (including phenoxy) is 1. The zero-order valence-electron chi connectivity index (χ0n) is 18.9. The largest absolute Gasteiger partial charge is 0.573 e. The normalized spacial score (nSPS) is 12.3. The number of aliphatic hydroxyl groups is 1. The summed E-state index contributed by atoms with van der Waals surface area (Å²) < 4.78 is 42.0. The number of nitro benzene ring substituents is 1. The number of halogens is 3. The maximum absolute atomic E-state index is 12.7. The number of hydrogen-bond donors (Lipinski definition) is 3. The third kappa shape index (κ3) is 7.27. The highest BCUT2D eigenvalue weighted by molar-refractivity contribution is 5.66. The van der Waals surface area contributed by atoms with E-state index in [0.29, 0.717) is 11.1 Å². The van der Waals surface area contributed by atoms with Crippen LogP contribution in [0.15, 0.2) is 54.6 Å². The van der Waals surface area contributed by atoms with Crippen molar-refractivity contribution in [3.05, 3.63) is 70.3 Å². The summed E-state index contributed by atoms with van der Waals surface area (Å²) in [5, 5.41) is 27.0. The van der Waals surface area contributed by atoms with Crippen molar-refractivity contribution in [3.8, 4) is 17.0 Å². The van der Waals surface area contributed by atoms with Crippen molar-refractivity contribution in [2.75, 3.05) is 17.2 Å². The van der Waals surface area contributed by atoms with Crippen molar-refractivity contribution >= 4 is 17.5 Å². The number of aliphatic hydroxyl groups excluding tert-OH is 1. The minimum absolute atomic E-state index is 0.0270. The molecule has 0 fully saturated rings. The quantitative estimate of drug-likeness (QED) is 0.268. The van der Waals surface area contributed by atoms with Gasteiger partial charge in [-0.25, -0.2) is 4.98 Å². The lowest BCUT2D eigenvalue weighted by molar-refractivity contribution is -0.385. The molecule has 0 saturated carbocycles. The fraction of sp³-hybridized carbons (Fsp3) is 0.304. The Kier molecular flexibility index (Phi) is 8.07. The summed E-state index contributed by atoms with van der Waals surface area (Å²) in [5.41, 5.74) is 0.963. The Morgan fingerprint density at radius 1 is 1.11 bits per heavy atom. The highest BCUT2D eigenvalue weighted by Crippen LogP contribution is 2.29. The molecule has 2 aromatic carbocycles. The Balaban J connectivity index is 1.96. The molecule has 0 aliphatic rings. The number of hydrogen-bond acceptors (Lipinski definition) is 8. The fourth-order valence-electron chi connectivity index (χ4n) is 3.22. The summed E-state index contributed by atoms with van der Waals surface area (Å²) in [4.78, 5) is 19.6. The molecule has 186 valence electrons. The second-order valence-corrected chi connectivity index (χ2v) is 7.95. The van der Waals surface area contributed by atoms with E-state index in [1.54, 1.807) is 24.3 Å². The first kappa shape index (κ1) is 25.7. The maximum atomic E-state index is 12.7. The molecule has 0 saturated heterocycles. The van der Waals surface area contributed by atoms with Gasteiger partial charge in [-0.2, -0.15) is 4.98 Å². The van der Waals surface area contributed by atoms with Crippen LogP contribution < -0.4 is 15.4 Å². The molecule has 3 aromatic rings. The first-order chi connectivity index (χ1) is 16.6. The van der Waals surface area contributed by atoms with Crippen molar-refractivity contribution < 1.29 is 27.9 Å². The number of anilines is 2. The Morgan fingerprint density at radius 2 is 1.86 bits per heavy atom. The van der Waals surface area contributed by atoms with Gasteiger partial charge in [-0.05, 0) is 18.1 Å². The molecule has 12 heteroatoms. The molecular formula is C23H24F3N5O4. The summed E-state index contributed by atoms with van der Waals surface area (Å²) in [7, 11) is 0. The Labute approximate surface area is 199 Å². The van der Waals surface area contributed by atoms with Crippen LogP contribution in [0.25, 0.3) is 11.3 Å². The number of benzene rings is 2. The Bertz CT molecular complexity index is 1170. The second-order valence-electron chi connectivity index (χ2n) is 7.95. The van der Waals surface area contributed by atoms with Gasteiger partial charge in [0.2, 0.25) is 5.95 Å². The first-order valence-electron chi connectivity index (χ1n) is 10.6. The number of alkyl halides is 3. The maximum Gasteiger partial charge on any atom is 0.573 e. The Hall–Kier alpha value is -3.93. The van der Waals surface area contributed by atoms with Gasteiger partial charge in [-0.1, -0.05) is 44.2 Å². The lowest BCUT2D eigenvalue weighted by Crippen LogP contribution is -2.30. The number of para-hydroxylation sites is 1. The SMILES string of the molecule is CC(C)[C@H](CO)Nc1nc(NCc2ccccc2[N+](=O)[O-])cc(-c2cccc(OC(F)(F)F)c2)n1. The lowest BCUT2D eigenvalue weighted by atomic mass is 10.1. The lowest BCUT2D eigenvalue weighted by Gasteiger charge is -2.21. The van der Waals surface area contributed by atoms with E-state index < -0.39 is 17.0 Å². The molecule has 0 aliphatic carbocycles. The fourth-order valence-corrected chi connectivity index (χ4v) is 3.22. The van der Waals surface area contributed by atoms with Gasteiger partial charge in [-0.3, -0.25) is 10.1 Å². The summed E-state index contributed by atoms with van der Waals surface area (Å²) in [6.45, 7) is 3.66. The van der Waals surface area contributed by atoms with E-state index in [4.69, 9.17) is 0 Å². The second kappa shape index (κ2) is 11.0. The van der Waals surface area contributed by atoms with E-state index in [-0.39, 0.29) is 48.3 Å². The molecule has 0 spiro atoms. The molecule has 3 rings (SSSR count). The van der Waals surface area contributed by atoms with Crippen LogP contribution in [-0.2, 0) is 6.54 Å². The molecule has 0 bridgehead atoms. The van der Waals surface area contributed by atoms with Crippen LogP contribution in [0.1, 0.15) is 19.4 Å². The summed E-state index contributed by atoms with van der Waals surface area (Å²) >= 11 is 0. The number of nitrogens with one attached hydrogen (secondary N) is 2. The molecule has 9 nitrogen and oxygen atoms in total. The topological polar surface area (TPSA) is 122 Å². The highest BCUT2D eigenvalue weighted by atomic mass is 19.4. The molecule has 1 heterocycles. The molecule has 0 unspecified atom stereocenters. The van der Waals surface area contributed by atoms with E-state index in [9.17, 15) is 28.4 Å². The molecule has 1 atom stereocenters. The van der Waals surface area contributed by atoms with Crippen LogP contribution in [0, 0.1) is 16.0 Å². The van der Waals surface area contributed by atoms with Crippen molar-refractivity contribution in [1.29, 1.82) is 0 Å². The number of aromatic nitrogens is 2. The van der Waals surface area contributed by atoms with E-state index in [1.807, 2.05) is 13.8 Å². The number of nitro groups is 1. The average Bonchev–Trinajstić information content (AvgIpc) is 2.80. The van der Waals surface area contributed by atoms with E-state index in [0.717, 1.165) is 0 Å². The summed E-state index contributed by atoms with van der Waals surface area (Å²) in [5.74, 6) is 0.0211. The molecule has 3 N–H and O–H groups in total. The van der Waals surface area contributed by atoms with Crippen LogP contribution in [0.3, 0.4) is 0 Å². The molecule has 0 radical (unpaired) electrons. The predicted molar refractivity (Wildman–Crippen MR) is 124 cm³/mol. The van der Waals surface area contributed by atoms with Gasteiger partial charge >= 0.3 is 6.36 Å². The number of nitrogens with zero attached hydrogens (tertiary/aromatic N) is 3. The van der Waals surface area contributed by atoms with Gasteiger partial charge in [-0.15, -0.1) is 13.2 Å². The number of rotatable bonds is 10. The van der Waals surface area contributed by atoms with Crippen LogP contribution in [0.5, 0.6) is 5.75 Å². The van der Waals surface area contributed by atoms with Crippen LogP contribution in [0.2, 0.25) is 0 Å². The molecule has 0 aliphatic heterocycles.